The van der Waals surface area contributed by atoms with Crippen LogP contribution in [0.2, 0.25) is 0 Å². The number of hydrogen-bond donors (Lipinski definition) is 0. The lowest BCUT2D eigenvalue weighted by Crippen LogP contribution is -2.31. The van der Waals surface area contributed by atoms with Crippen molar-refractivity contribution in [3.63, 3.8) is 0 Å². The number of amides is 1. The summed E-state index contributed by atoms with van der Waals surface area (Å²) in [7, 11) is 4.93. The first-order chi connectivity index (χ1) is 13.5. The standard InChI is InChI=1S/C21H22N2O4S/c1-5-27-16-9-7-15(8-10-16)23-20(24)17(22(2)21(23)28)12-14-6-11-18(25-3)19(13-14)26-4/h6-13H,5H2,1-4H3/b17-12-. The summed E-state index contributed by atoms with van der Waals surface area (Å²) < 4.78 is 16.1. The molecule has 0 unspecified atom stereocenters. The van der Waals surface area contributed by atoms with Gasteiger partial charge in [-0.1, -0.05) is 6.07 Å². The lowest BCUT2D eigenvalue weighted by molar-refractivity contribution is -0.114. The smallest absolute Gasteiger partial charge is 0.281 e. The van der Waals surface area contributed by atoms with Crippen LogP contribution < -0.4 is 19.1 Å². The molecule has 0 aromatic heterocycles. The van der Waals surface area contributed by atoms with Crippen molar-refractivity contribution in [2.24, 2.45) is 0 Å². The third-order valence-corrected chi connectivity index (χ3v) is 4.84. The van der Waals surface area contributed by atoms with Crippen LogP contribution in [-0.2, 0) is 4.79 Å². The fourth-order valence-corrected chi connectivity index (χ4v) is 3.23. The summed E-state index contributed by atoms with van der Waals surface area (Å²) in [5, 5.41) is 0.417. The first kappa shape index (κ1) is 19.7. The average Bonchev–Trinajstić information content (AvgIpc) is 2.92. The topological polar surface area (TPSA) is 51.2 Å². The molecule has 1 fully saturated rings. The zero-order valence-electron chi connectivity index (χ0n) is 16.3. The van der Waals surface area contributed by atoms with Gasteiger partial charge in [0, 0.05) is 7.05 Å². The third kappa shape index (κ3) is 3.66. The van der Waals surface area contributed by atoms with Crippen LogP contribution in [0.25, 0.3) is 6.08 Å². The highest BCUT2D eigenvalue weighted by Gasteiger charge is 2.36. The summed E-state index contributed by atoms with van der Waals surface area (Å²) in [5.74, 6) is 1.78. The molecule has 0 saturated carbocycles. The molecule has 1 aliphatic rings. The van der Waals surface area contributed by atoms with Crippen LogP contribution in [-0.4, -0.2) is 43.8 Å². The minimum absolute atomic E-state index is 0.188. The summed E-state index contributed by atoms with van der Waals surface area (Å²) in [5.41, 5.74) is 1.98. The summed E-state index contributed by atoms with van der Waals surface area (Å²) in [6.07, 6.45) is 1.78. The molecule has 3 rings (SSSR count). The Morgan fingerprint density at radius 2 is 1.71 bits per heavy atom. The second-order valence-corrected chi connectivity index (χ2v) is 6.42. The predicted molar refractivity (Wildman–Crippen MR) is 113 cm³/mol. The first-order valence-corrected chi connectivity index (χ1v) is 9.19. The highest BCUT2D eigenvalue weighted by molar-refractivity contribution is 7.80. The molecule has 0 bridgehead atoms. The van der Waals surface area contributed by atoms with Crippen molar-refractivity contribution in [3.8, 4) is 17.2 Å². The van der Waals surface area contributed by atoms with E-state index in [0.29, 0.717) is 34.6 Å². The third-order valence-electron chi connectivity index (χ3n) is 4.38. The number of hydrogen-bond acceptors (Lipinski definition) is 5. The molecular weight excluding hydrogens is 376 g/mol. The van der Waals surface area contributed by atoms with Gasteiger partial charge >= 0.3 is 0 Å². The van der Waals surface area contributed by atoms with Crippen LogP contribution in [0.5, 0.6) is 17.2 Å². The fourth-order valence-electron chi connectivity index (χ4n) is 2.94. The molecule has 2 aromatic rings. The Hall–Kier alpha value is -3.06. The molecule has 0 aliphatic carbocycles. The molecule has 1 saturated heterocycles. The van der Waals surface area contributed by atoms with Crippen LogP contribution in [0.1, 0.15) is 12.5 Å². The van der Waals surface area contributed by atoms with Crippen LogP contribution in [0.15, 0.2) is 48.2 Å². The molecule has 0 N–H and O–H groups in total. The Bertz CT molecular complexity index is 925. The predicted octanol–water partition coefficient (Wildman–Crippen LogP) is 3.71. The van der Waals surface area contributed by atoms with Crippen molar-refractivity contribution < 1.29 is 19.0 Å². The van der Waals surface area contributed by atoms with E-state index < -0.39 is 0 Å². The minimum atomic E-state index is -0.188. The highest BCUT2D eigenvalue weighted by atomic mass is 32.1. The second kappa shape index (κ2) is 8.31. The van der Waals surface area contributed by atoms with Gasteiger partial charge < -0.3 is 19.1 Å². The van der Waals surface area contributed by atoms with E-state index in [9.17, 15) is 4.79 Å². The summed E-state index contributed by atoms with van der Waals surface area (Å²) in [6, 6.07) is 12.8. The van der Waals surface area contributed by atoms with E-state index >= 15 is 0 Å². The number of likely N-dealkylation sites (N-methyl/N-ethyl adjacent to an activating group) is 1. The van der Waals surface area contributed by atoms with E-state index in [1.165, 1.54) is 4.90 Å². The molecule has 1 heterocycles. The van der Waals surface area contributed by atoms with Gasteiger partial charge in [0.2, 0.25) is 0 Å². The van der Waals surface area contributed by atoms with Gasteiger partial charge in [0.05, 0.1) is 26.5 Å². The Morgan fingerprint density at radius 3 is 2.32 bits per heavy atom. The van der Waals surface area contributed by atoms with Crippen LogP contribution in [0, 0.1) is 0 Å². The number of ether oxygens (including phenoxy) is 3. The van der Waals surface area contributed by atoms with Gasteiger partial charge in [0.1, 0.15) is 11.4 Å². The van der Waals surface area contributed by atoms with Gasteiger partial charge in [-0.15, -0.1) is 0 Å². The maximum Gasteiger partial charge on any atom is 0.281 e. The zero-order chi connectivity index (χ0) is 20.3. The molecule has 28 heavy (non-hydrogen) atoms. The monoisotopic (exact) mass is 398 g/mol. The normalized spacial score (nSPS) is 15.4. The van der Waals surface area contributed by atoms with Crippen molar-refractivity contribution in [1.82, 2.24) is 4.90 Å². The van der Waals surface area contributed by atoms with Gasteiger partial charge in [-0.05, 0) is 67.2 Å². The highest BCUT2D eigenvalue weighted by Crippen LogP contribution is 2.32. The number of anilines is 1. The van der Waals surface area contributed by atoms with E-state index in [0.717, 1.165) is 11.3 Å². The Morgan fingerprint density at radius 1 is 1.04 bits per heavy atom. The van der Waals surface area contributed by atoms with E-state index in [1.54, 1.807) is 38.3 Å². The maximum atomic E-state index is 13.1. The van der Waals surface area contributed by atoms with Crippen molar-refractivity contribution >= 4 is 35.0 Å². The molecule has 146 valence electrons. The minimum Gasteiger partial charge on any atom is -0.494 e. The Labute approximate surface area is 169 Å². The summed E-state index contributed by atoms with van der Waals surface area (Å²) in [4.78, 5) is 16.3. The van der Waals surface area contributed by atoms with Crippen LogP contribution in [0.3, 0.4) is 0 Å². The quantitative estimate of drug-likeness (QED) is 0.546. The Kier molecular flexibility index (Phi) is 5.84. The average molecular weight is 398 g/mol. The number of methoxy groups -OCH3 is 2. The van der Waals surface area contributed by atoms with Crippen molar-refractivity contribution in [2.75, 3.05) is 32.8 Å². The zero-order valence-corrected chi connectivity index (χ0v) is 17.1. The van der Waals surface area contributed by atoms with Gasteiger partial charge in [-0.3, -0.25) is 9.69 Å². The number of benzene rings is 2. The molecule has 6 nitrogen and oxygen atoms in total. The molecular formula is C21H22N2O4S. The first-order valence-electron chi connectivity index (χ1n) is 8.78. The molecule has 1 amide bonds. The summed E-state index contributed by atoms with van der Waals surface area (Å²) >= 11 is 5.50. The SMILES string of the molecule is CCOc1ccc(N2C(=O)/C(=C/c3ccc(OC)c(OC)c3)N(C)C2=S)cc1. The molecule has 0 radical (unpaired) electrons. The number of thiocarbonyl (C=S) groups is 1. The second-order valence-electron chi connectivity index (χ2n) is 6.05. The number of carbonyl (C=O) groups excluding carboxylic acids is 1. The number of carbonyl (C=O) groups is 1. The molecule has 0 atom stereocenters. The van der Waals surface area contributed by atoms with Gasteiger partial charge in [-0.25, -0.2) is 0 Å². The number of rotatable bonds is 6. The van der Waals surface area contributed by atoms with E-state index in [4.69, 9.17) is 26.4 Å². The van der Waals surface area contributed by atoms with Crippen molar-refractivity contribution in [3.05, 3.63) is 53.7 Å². The fraction of sp³-hybridized carbons (Fsp3) is 0.238. The van der Waals surface area contributed by atoms with Crippen LogP contribution >= 0.6 is 12.2 Å². The molecule has 7 heteroatoms. The Balaban J connectivity index is 1.92. The van der Waals surface area contributed by atoms with Crippen molar-refractivity contribution in [2.45, 2.75) is 6.92 Å². The van der Waals surface area contributed by atoms with Gasteiger partial charge in [0.15, 0.2) is 16.6 Å². The molecule has 1 aliphatic heterocycles. The van der Waals surface area contributed by atoms with Crippen LogP contribution in [0.4, 0.5) is 5.69 Å². The van der Waals surface area contributed by atoms with E-state index in [1.807, 2.05) is 43.3 Å². The van der Waals surface area contributed by atoms with Gasteiger partial charge in [0.25, 0.3) is 5.91 Å². The number of nitrogens with zero attached hydrogens (tertiary/aromatic N) is 2. The van der Waals surface area contributed by atoms with Gasteiger partial charge in [-0.2, -0.15) is 0 Å². The molecule has 2 aromatic carbocycles. The van der Waals surface area contributed by atoms with E-state index in [2.05, 4.69) is 0 Å². The molecule has 0 spiro atoms. The van der Waals surface area contributed by atoms with E-state index in [-0.39, 0.29) is 5.91 Å². The largest absolute Gasteiger partial charge is 0.494 e. The lowest BCUT2D eigenvalue weighted by atomic mass is 10.1. The van der Waals surface area contributed by atoms with Crippen molar-refractivity contribution in [1.29, 1.82) is 0 Å². The summed E-state index contributed by atoms with van der Waals surface area (Å²) in [6.45, 7) is 2.51. The lowest BCUT2D eigenvalue weighted by Gasteiger charge is -2.16. The maximum absolute atomic E-state index is 13.1.